The number of carbonyl (C=O) groups is 2. The van der Waals surface area contributed by atoms with Crippen molar-refractivity contribution in [3.05, 3.63) is 53.4 Å². The van der Waals surface area contributed by atoms with E-state index in [4.69, 9.17) is 14.2 Å². The van der Waals surface area contributed by atoms with E-state index in [2.05, 4.69) is 10.6 Å². The maximum atomic E-state index is 12.9. The van der Waals surface area contributed by atoms with E-state index in [1.807, 2.05) is 24.3 Å². The number of rotatable bonds is 7. The first-order chi connectivity index (χ1) is 14.7. The SMILES string of the molecule is COCCOc1ccc2sc(C(=O)Nc3ccccc3NC(=O)OC(C)(C)C)cc2c1. The Bertz CT molecular complexity index is 1070. The average Bonchev–Trinajstić information content (AvgIpc) is 3.12. The summed E-state index contributed by atoms with van der Waals surface area (Å²) in [4.78, 5) is 25.5. The molecule has 1 aromatic heterocycles. The van der Waals surface area contributed by atoms with E-state index < -0.39 is 11.7 Å². The van der Waals surface area contributed by atoms with Crippen molar-refractivity contribution in [3.63, 3.8) is 0 Å². The predicted molar refractivity (Wildman–Crippen MR) is 123 cm³/mol. The molecule has 0 saturated carbocycles. The molecule has 2 N–H and O–H groups in total. The monoisotopic (exact) mass is 442 g/mol. The fraction of sp³-hybridized carbons (Fsp3) is 0.304. The molecular weight excluding hydrogens is 416 g/mol. The lowest BCUT2D eigenvalue weighted by Crippen LogP contribution is -2.27. The fourth-order valence-corrected chi connectivity index (χ4v) is 3.70. The van der Waals surface area contributed by atoms with E-state index in [-0.39, 0.29) is 5.91 Å². The summed E-state index contributed by atoms with van der Waals surface area (Å²) in [6, 6.07) is 14.5. The van der Waals surface area contributed by atoms with Gasteiger partial charge in [-0.15, -0.1) is 11.3 Å². The Balaban J connectivity index is 1.73. The van der Waals surface area contributed by atoms with Crippen LogP contribution in [0, 0.1) is 0 Å². The molecule has 0 unspecified atom stereocenters. The predicted octanol–water partition coefficient (Wildman–Crippen LogP) is 5.53. The zero-order chi connectivity index (χ0) is 22.4. The van der Waals surface area contributed by atoms with Crippen molar-refractivity contribution in [2.75, 3.05) is 31.0 Å². The number of para-hydroxylation sites is 2. The first-order valence-corrected chi connectivity index (χ1v) is 10.6. The lowest BCUT2D eigenvalue weighted by Gasteiger charge is -2.20. The second kappa shape index (κ2) is 9.80. The minimum absolute atomic E-state index is 0.263. The minimum Gasteiger partial charge on any atom is -0.491 e. The summed E-state index contributed by atoms with van der Waals surface area (Å²) in [7, 11) is 1.62. The van der Waals surface area contributed by atoms with Crippen LogP contribution in [0.15, 0.2) is 48.5 Å². The van der Waals surface area contributed by atoms with Crippen LogP contribution in [0.2, 0.25) is 0 Å². The number of anilines is 2. The Morgan fingerprint density at radius 3 is 2.35 bits per heavy atom. The van der Waals surface area contributed by atoms with Gasteiger partial charge >= 0.3 is 6.09 Å². The molecule has 164 valence electrons. The molecular formula is C23H26N2O5S. The van der Waals surface area contributed by atoms with Gasteiger partial charge in [-0.2, -0.15) is 0 Å². The van der Waals surface area contributed by atoms with Crippen LogP contribution in [0.25, 0.3) is 10.1 Å². The normalized spacial score (nSPS) is 11.2. The number of thiophene rings is 1. The summed E-state index contributed by atoms with van der Waals surface area (Å²) in [6.45, 7) is 6.33. The number of benzene rings is 2. The van der Waals surface area contributed by atoms with Gasteiger partial charge < -0.3 is 19.5 Å². The van der Waals surface area contributed by atoms with Gasteiger partial charge in [0.25, 0.3) is 5.91 Å². The molecule has 31 heavy (non-hydrogen) atoms. The molecule has 0 aliphatic rings. The van der Waals surface area contributed by atoms with Crippen LogP contribution in [0.3, 0.4) is 0 Å². The highest BCUT2D eigenvalue weighted by molar-refractivity contribution is 7.20. The van der Waals surface area contributed by atoms with Gasteiger partial charge in [0.2, 0.25) is 0 Å². The Labute approximate surface area is 185 Å². The van der Waals surface area contributed by atoms with E-state index in [9.17, 15) is 9.59 Å². The first kappa shape index (κ1) is 22.6. The van der Waals surface area contributed by atoms with Gasteiger partial charge in [0.15, 0.2) is 0 Å². The Morgan fingerprint density at radius 1 is 0.968 bits per heavy atom. The number of amides is 2. The number of nitrogens with one attached hydrogen (secondary N) is 2. The summed E-state index contributed by atoms with van der Waals surface area (Å²) in [5.41, 5.74) is 0.324. The second-order valence-electron chi connectivity index (χ2n) is 7.78. The Hall–Kier alpha value is -3.10. The van der Waals surface area contributed by atoms with Gasteiger partial charge in [-0.25, -0.2) is 4.79 Å². The number of hydrogen-bond acceptors (Lipinski definition) is 6. The third-order valence-electron chi connectivity index (χ3n) is 4.08. The van der Waals surface area contributed by atoms with Crippen molar-refractivity contribution in [1.82, 2.24) is 0 Å². The van der Waals surface area contributed by atoms with Crippen molar-refractivity contribution >= 4 is 44.8 Å². The van der Waals surface area contributed by atoms with Crippen molar-refractivity contribution in [1.29, 1.82) is 0 Å². The standard InChI is InChI=1S/C23H26N2O5S/c1-23(2,3)30-22(27)25-18-8-6-5-7-17(18)24-21(26)20-14-15-13-16(29-12-11-28-4)9-10-19(15)31-20/h5-10,13-14H,11-12H2,1-4H3,(H,24,26)(H,25,27). The Kier molecular flexibility index (Phi) is 7.14. The van der Waals surface area contributed by atoms with E-state index in [0.29, 0.717) is 29.5 Å². The van der Waals surface area contributed by atoms with Gasteiger partial charge in [-0.3, -0.25) is 10.1 Å². The van der Waals surface area contributed by atoms with Crippen LogP contribution < -0.4 is 15.4 Å². The fourth-order valence-electron chi connectivity index (χ4n) is 2.76. The van der Waals surface area contributed by atoms with Crippen molar-refractivity contribution in [2.24, 2.45) is 0 Å². The van der Waals surface area contributed by atoms with Crippen LogP contribution in [-0.2, 0) is 9.47 Å². The number of ether oxygens (including phenoxy) is 3. The first-order valence-electron chi connectivity index (χ1n) is 9.81. The van der Waals surface area contributed by atoms with E-state index >= 15 is 0 Å². The molecule has 0 spiro atoms. The van der Waals surface area contributed by atoms with E-state index in [0.717, 1.165) is 15.8 Å². The number of hydrogen-bond donors (Lipinski definition) is 2. The molecule has 3 rings (SSSR count). The zero-order valence-corrected chi connectivity index (χ0v) is 18.8. The molecule has 0 aliphatic carbocycles. The summed E-state index contributed by atoms with van der Waals surface area (Å²) in [5.74, 6) is 0.461. The Morgan fingerprint density at radius 2 is 1.68 bits per heavy atom. The smallest absolute Gasteiger partial charge is 0.412 e. The number of fused-ring (bicyclic) bond motifs is 1. The molecule has 0 fully saturated rings. The largest absolute Gasteiger partial charge is 0.491 e. The van der Waals surface area contributed by atoms with Gasteiger partial charge in [-0.1, -0.05) is 12.1 Å². The molecule has 0 radical (unpaired) electrons. The average molecular weight is 443 g/mol. The van der Waals surface area contributed by atoms with Crippen LogP contribution in [0.5, 0.6) is 5.75 Å². The number of methoxy groups -OCH3 is 1. The summed E-state index contributed by atoms with van der Waals surface area (Å²) in [6.07, 6.45) is -0.586. The molecule has 1 heterocycles. The lowest BCUT2D eigenvalue weighted by atomic mass is 10.2. The second-order valence-corrected chi connectivity index (χ2v) is 8.86. The van der Waals surface area contributed by atoms with Crippen LogP contribution in [0.4, 0.5) is 16.2 Å². The number of carbonyl (C=O) groups excluding carboxylic acids is 2. The maximum absolute atomic E-state index is 12.9. The molecule has 8 heteroatoms. The van der Waals surface area contributed by atoms with Crippen molar-refractivity contribution in [3.8, 4) is 5.75 Å². The minimum atomic E-state index is -0.620. The highest BCUT2D eigenvalue weighted by Gasteiger charge is 2.18. The molecule has 0 bridgehead atoms. The van der Waals surface area contributed by atoms with Crippen molar-refractivity contribution < 1.29 is 23.8 Å². The molecule has 2 aromatic carbocycles. The van der Waals surface area contributed by atoms with Crippen molar-refractivity contribution in [2.45, 2.75) is 26.4 Å². The van der Waals surface area contributed by atoms with E-state index in [1.165, 1.54) is 11.3 Å². The molecule has 0 atom stereocenters. The quantitative estimate of drug-likeness (QED) is 0.470. The molecule has 7 nitrogen and oxygen atoms in total. The van der Waals surface area contributed by atoms with E-state index in [1.54, 1.807) is 52.1 Å². The maximum Gasteiger partial charge on any atom is 0.412 e. The van der Waals surface area contributed by atoms with Crippen LogP contribution in [-0.4, -0.2) is 37.9 Å². The highest BCUT2D eigenvalue weighted by atomic mass is 32.1. The molecule has 0 saturated heterocycles. The van der Waals surface area contributed by atoms with Gasteiger partial charge in [-0.05, 0) is 62.6 Å². The topological polar surface area (TPSA) is 85.9 Å². The lowest BCUT2D eigenvalue weighted by molar-refractivity contribution is 0.0635. The van der Waals surface area contributed by atoms with Crippen LogP contribution >= 0.6 is 11.3 Å². The van der Waals surface area contributed by atoms with Crippen LogP contribution in [0.1, 0.15) is 30.4 Å². The summed E-state index contributed by atoms with van der Waals surface area (Å²) < 4.78 is 16.9. The zero-order valence-electron chi connectivity index (χ0n) is 18.0. The third kappa shape index (κ3) is 6.44. The summed E-state index contributed by atoms with van der Waals surface area (Å²) in [5, 5.41) is 6.47. The van der Waals surface area contributed by atoms with Gasteiger partial charge in [0, 0.05) is 11.8 Å². The molecule has 3 aromatic rings. The van der Waals surface area contributed by atoms with Gasteiger partial charge in [0.05, 0.1) is 22.9 Å². The highest BCUT2D eigenvalue weighted by Crippen LogP contribution is 2.30. The third-order valence-corrected chi connectivity index (χ3v) is 5.19. The molecule has 2 amide bonds. The summed E-state index contributed by atoms with van der Waals surface area (Å²) >= 11 is 1.38. The molecule has 0 aliphatic heterocycles. The van der Waals surface area contributed by atoms with Gasteiger partial charge in [0.1, 0.15) is 18.0 Å².